The van der Waals surface area contributed by atoms with Crippen LogP contribution >= 0.6 is 0 Å². The summed E-state index contributed by atoms with van der Waals surface area (Å²) in [7, 11) is 0. The quantitative estimate of drug-likeness (QED) is 0.535. The highest BCUT2D eigenvalue weighted by Gasteiger charge is 2.20. The smallest absolute Gasteiger partial charge is 0.253 e. The van der Waals surface area contributed by atoms with E-state index in [9.17, 15) is 4.79 Å². The molecule has 1 aromatic carbocycles. The van der Waals surface area contributed by atoms with Gasteiger partial charge in [-0.3, -0.25) is 4.79 Å². The molecule has 1 fully saturated rings. The van der Waals surface area contributed by atoms with Crippen LogP contribution in [-0.2, 0) is 6.42 Å². The number of benzene rings is 1. The molecule has 0 radical (unpaired) electrons. The first-order chi connectivity index (χ1) is 13.2. The van der Waals surface area contributed by atoms with Crippen molar-refractivity contribution in [2.24, 2.45) is 0 Å². The molecule has 5 rings (SSSR count). The van der Waals surface area contributed by atoms with E-state index >= 15 is 0 Å². The minimum absolute atomic E-state index is 0.0218. The Morgan fingerprint density at radius 2 is 1.81 bits per heavy atom. The number of amides is 1. The Bertz CT molecular complexity index is 947. The van der Waals surface area contributed by atoms with Crippen molar-refractivity contribution in [2.75, 3.05) is 25.4 Å². The first-order valence-electron chi connectivity index (χ1n) is 9.59. The van der Waals surface area contributed by atoms with E-state index < -0.39 is 0 Å². The number of nitrogens with two attached hydrogens (primary N) is 1. The van der Waals surface area contributed by atoms with Gasteiger partial charge >= 0.3 is 0 Å². The minimum Gasteiger partial charge on any atom is -0.384 e. The van der Waals surface area contributed by atoms with E-state index in [1.807, 2.05) is 30.3 Å². The van der Waals surface area contributed by atoms with Crippen LogP contribution in [0.1, 0.15) is 35.3 Å². The van der Waals surface area contributed by atoms with Crippen LogP contribution in [0, 0.1) is 0 Å². The maximum absolute atomic E-state index is 11.9. The molecular formula is C21H25N5O. The maximum atomic E-state index is 11.9. The van der Waals surface area contributed by atoms with Gasteiger partial charge in [-0.25, -0.2) is 4.98 Å². The molecule has 1 amide bonds. The molecule has 2 aliphatic rings. The third kappa shape index (κ3) is 3.80. The Morgan fingerprint density at radius 3 is 2.52 bits per heavy atom. The van der Waals surface area contributed by atoms with Crippen LogP contribution in [0.15, 0.2) is 36.4 Å². The second-order valence-corrected chi connectivity index (χ2v) is 7.01. The number of carbonyl (C=O) groups is 1. The summed E-state index contributed by atoms with van der Waals surface area (Å²) in [6.45, 7) is 3.17. The third-order valence-electron chi connectivity index (χ3n) is 5.04. The topological polar surface area (TPSA) is 95.8 Å². The van der Waals surface area contributed by atoms with Crippen LogP contribution in [0.3, 0.4) is 0 Å². The molecular weight excluding hydrogens is 338 g/mol. The number of nitrogens with one attached hydrogen (secondary N) is 3. The molecule has 27 heavy (non-hydrogen) atoms. The highest BCUT2D eigenvalue weighted by Crippen LogP contribution is 2.29. The van der Waals surface area contributed by atoms with Gasteiger partial charge in [-0.05, 0) is 44.1 Å². The highest BCUT2D eigenvalue weighted by atomic mass is 16.1. The number of nitrogen functional groups attached to an aromatic ring is 1. The van der Waals surface area contributed by atoms with Crippen LogP contribution in [0.25, 0.3) is 22.2 Å². The van der Waals surface area contributed by atoms with Crippen molar-refractivity contribution in [1.29, 1.82) is 0 Å². The van der Waals surface area contributed by atoms with Crippen molar-refractivity contribution >= 4 is 22.6 Å². The van der Waals surface area contributed by atoms with Gasteiger partial charge < -0.3 is 21.4 Å². The first kappa shape index (κ1) is 17.5. The summed E-state index contributed by atoms with van der Waals surface area (Å²) < 4.78 is 0. The lowest BCUT2D eigenvalue weighted by atomic mass is 10.1. The number of rotatable bonds is 1. The SMILES string of the molecule is C1CCNCC1.Nc1ccc2cccc(-c3cc4c([nH]3)CCNC4=O)c2n1. The lowest BCUT2D eigenvalue weighted by Crippen LogP contribution is -2.31. The third-order valence-corrected chi connectivity index (χ3v) is 5.04. The maximum Gasteiger partial charge on any atom is 0.253 e. The summed E-state index contributed by atoms with van der Waals surface area (Å²) >= 11 is 0. The van der Waals surface area contributed by atoms with Gasteiger partial charge in [0, 0.05) is 35.3 Å². The van der Waals surface area contributed by atoms with E-state index in [1.165, 1.54) is 32.4 Å². The number of nitrogens with zero attached hydrogens (tertiary/aromatic N) is 1. The molecule has 4 heterocycles. The standard InChI is InChI=1S/C16H14N4O.C5H11N/c17-14-5-4-9-2-1-3-10(15(9)20-14)13-8-11-12(19-13)6-7-18-16(11)21;1-2-4-6-5-3-1/h1-5,8,19H,6-7H2,(H2,17,20)(H,18,21);6H,1-5H2. The number of aromatic amines is 1. The Labute approximate surface area is 158 Å². The van der Waals surface area contributed by atoms with E-state index in [2.05, 4.69) is 20.6 Å². The Hall–Kier alpha value is -2.86. The molecule has 3 aromatic rings. The van der Waals surface area contributed by atoms with E-state index in [-0.39, 0.29) is 5.91 Å². The van der Waals surface area contributed by atoms with Gasteiger partial charge in [-0.2, -0.15) is 0 Å². The molecule has 1 saturated heterocycles. The normalized spacial score (nSPS) is 16.2. The fourth-order valence-electron chi connectivity index (χ4n) is 3.62. The molecule has 0 unspecified atom stereocenters. The van der Waals surface area contributed by atoms with Crippen LogP contribution in [0.4, 0.5) is 5.82 Å². The summed E-state index contributed by atoms with van der Waals surface area (Å²) in [5, 5.41) is 7.17. The van der Waals surface area contributed by atoms with Gasteiger partial charge in [0.05, 0.1) is 11.1 Å². The zero-order chi connectivity index (χ0) is 18.6. The summed E-state index contributed by atoms with van der Waals surface area (Å²) in [6, 6.07) is 11.6. The molecule has 5 N–H and O–H groups in total. The first-order valence-corrected chi connectivity index (χ1v) is 9.59. The average Bonchev–Trinajstić information content (AvgIpc) is 3.15. The molecule has 2 aliphatic heterocycles. The molecule has 0 bridgehead atoms. The minimum atomic E-state index is -0.0218. The number of fused-ring (bicyclic) bond motifs is 2. The van der Waals surface area contributed by atoms with Crippen molar-refractivity contribution < 1.29 is 4.79 Å². The van der Waals surface area contributed by atoms with Gasteiger partial charge in [0.2, 0.25) is 0 Å². The Balaban J connectivity index is 0.000000257. The van der Waals surface area contributed by atoms with Crippen molar-refractivity contribution in [3.63, 3.8) is 0 Å². The second kappa shape index (κ2) is 7.80. The van der Waals surface area contributed by atoms with Crippen LogP contribution < -0.4 is 16.4 Å². The molecule has 6 heteroatoms. The number of pyridine rings is 1. The van der Waals surface area contributed by atoms with E-state index in [0.717, 1.165) is 39.8 Å². The van der Waals surface area contributed by atoms with Gasteiger partial charge in [0.15, 0.2) is 0 Å². The van der Waals surface area contributed by atoms with E-state index in [0.29, 0.717) is 12.4 Å². The van der Waals surface area contributed by atoms with E-state index in [4.69, 9.17) is 5.73 Å². The van der Waals surface area contributed by atoms with E-state index in [1.54, 1.807) is 6.07 Å². The van der Waals surface area contributed by atoms with Crippen LogP contribution in [0.2, 0.25) is 0 Å². The summed E-state index contributed by atoms with van der Waals surface area (Å²) in [4.78, 5) is 19.7. The number of carbonyl (C=O) groups excluding carboxylic acids is 1. The molecule has 0 aliphatic carbocycles. The van der Waals surface area contributed by atoms with Crippen molar-refractivity contribution in [3.8, 4) is 11.3 Å². The lowest BCUT2D eigenvalue weighted by molar-refractivity contribution is 0.0946. The van der Waals surface area contributed by atoms with Gasteiger partial charge in [0.25, 0.3) is 5.91 Å². The Morgan fingerprint density at radius 1 is 0.963 bits per heavy atom. The lowest BCUT2D eigenvalue weighted by Gasteiger charge is -2.11. The van der Waals surface area contributed by atoms with Crippen molar-refractivity contribution in [3.05, 3.63) is 47.7 Å². The monoisotopic (exact) mass is 363 g/mol. The molecule has 0 spiro atoms. The summed E-state index contributed by atoms with van der Waals surface area (Å²) in [6.07, 6.45) is 5.04. The molecule has 0 atom stereocenters. The summed E-state index contributed by atoms with van der Waals surface area (Å²) in [5.74, 6) is 0.468. The zero-order valence-electron chi connectivity index (χ0n) is 15.3. The molecule has 140 valence electrons. The number of aromatic nitrogens is 2. The van der Waals surface area contributed by atoms with Crippen molar-refractivity contribution in [2.45, 2.75) is 25.7 Å². The number of piperidine rings is 1. The molecule has 0 saturated carbocycles. The number of para-hydroxylation sites is 1. The number of H-pyrrole nitrogens is 1. The fraction of sp³-hybridized carbons (Fsp3) is 0.333. The van der Waals surface area contributed by atoms with Crippen molar-refractivity contribution in [1.82, 2.24) is 20.6 Å². The van der Waals surface area contributed by atoms with Crippen LogP contribution in [0.5, 0.6) is 0 Å². The largest absolute Gasteiger partial charge is 0.384 e. The molecule has 6 nitrogen and oxygen atoms in total. The summed E-state index contributed by atoms with van der Waals surface area (Å²) in [5.41, 5.74) is 10.2. The van der Waals surface area contributed by atoms with Gasteiger partial charge in [-0.15, -0.1) is 0 Å². The predicted octanol–water partition coefficient (Wildman–Crippen LogP) is 2.86. The number of anilines is 1. The number of hydrogen-bond donors (Lipinski definition) is 4. The van der Waals surface area contributed by atoms with Gasteiger partial charge in [-0.1, -0.05) is 24.6 Å². The Kier molecular flexibility index (Phi) is 5.07. The zero-order valence-corrected chi connectivity index (χ0v) is 15.3. The fourth-order valence-corrected chi connectivity index (χ4v) is 3.62. The average molecular weight is 363 g/mol. The number of hydrogen-bond acceptors (Lipinski definition) is 4. The second-order valence-electron chi connectivity index (χ2n) is 7.01. The van der Waals surface area contributed by atoms with Gasteiger partial charge in [0.1, 0.15) is 5.82 Å². The molecule has 2 aromatic heterocycles. The highest BCUT2D eigenvalue weighted by molar-refractivity contribution is 6.00. The van der Waals surface area contributed by atoms with Crippen LogP contribution in [-0.4, -0.2) is 35.5 Å². The predicted molar refractivity (Wildman–Crippen MR) is 109 cm³/mol.